The van der Waals surface area contributed by atoms with Crippen LogP contribution < -0.4 is 56.5 Å². The molecule has 0 heterocycles. The van der Waals surface area contributed by atoms with Gasteiger partial charge < -0.3 is 19.4 Å². The number of carbonyl (C=O) groups excluding carboxylic acids is 3. The molecular weight excluding hydrogens is 303 g/mol. The van der Waals surface area contributed by atoms with E-state index in [9.17, 15) is 19.5 Å². The predicted octanol–water partition coefficient (Wildman–Crippen LogP) is -2.63. The van der Waals surface area contributed by atoms with Crippen molar-refractivity contribution in [2.24, 2.45) is 5.92 Å². The van der Waals surface area contributed by atoms with Crippen LogP contribution in [0.25, 0.3) is 0 Å². The van der Waals surface area contributed by atoms with Gasteiger partial charge in [0, 0.05) is 24.0 Å². The zero-order valence-electron chi connectivity index (χ0n) is 12.7. The van der Waals surface area contributed by atoms with Crippen molar-refractivity contribution in [2.75, 3.05) is 0 Å². The first-order valence-electron chi connectivity index (χ1n) is 6.17. The third kappa shape index (κ3) is 10.8. The molecule has 112 valence electrons. The van der Waals surface area contributed by atoms with Gasteiger partial charge in [0.05, 0.1) is 12.2 Å². The first-order valence-corrected chi connectivity index (χ1v) is 6.17. The Balaban J connectivity index is 0. The molecule has 7 heteroatoms. The molecular formula is C14H19KO6. The number of aliphatic carboxylic acids is 1. The molecule has 0 aliphatic heterocycles. The third-order valence-corrected chi connectivity index (χ3v) is 2.53. The molecule has 0 radical (unpaired) electrons. The number of hydrogen-bond donors (Lipinski definition) is 0. The molecule has 0 N–H and O–H groups in total. The van der Waals surface area contributed by atoms with Crippen molar-refractivity contribution in [2.45, 2.75) is 38.9 Å². The van der Waals surface area contributed by atoms with Gasteiger partial charge >= 0.3 is 63.3 Å². The Kier molecular flexibility index (Phi) is 13.1. The molecule has 0 aromatic heterocycles. The molecule has 0 bridgehead atoms. The molecule has 0 spiro atoms. The molecule has 0 aromatic carbocycles. The molecule has 0 amide bonds. The minimum atomic E-state index is -1.28. The first kappa shape index (κ1) is 22.8. The number of ether oxygens (including phenoxy) is 2. The van der Waals surface area contributed by atoms with Gasteiger partial charge in [0.15, 0.2) is 0 Å². The van der Waals surface area contributed by atoms with Gasteiger partial charge in [-0.2, -0.15) is 0 Å². The summed E-state index contributed by atoms with van der Waals surface area (Å²) in [5.41, 5.74) is 0. The Morgan fingerprint density at radius 3 is 1.57 bits per heavy atom. The van der Waals surface area contributed by atoms with Gasteiger partial charge in [-0.3, -0.25) is 0 Å². The third-order valence-electron chi connectivity index (χ3n) is 2.53. The first-order chi connectivity index (χ1) is 9.29. The van der Waals surface area contributed by atoms with Gasteiger partial charge in [0.25, 0.3) is 0 Å². The monoisotopic (exact) mass is 322 g/mol. The second kappa shape index (κ2) is 12.1. The molecule has 2 atom stereocenters. The van der Waals surface area contributed by atoms with Crippen molar-refractivity contribution in [3.63, 3.8) is 0 Å². The Labute approximate surface area is 167 Å². The van der Waals surface area contributed by atoms with Crippen LogP contribution in [0.2, 0.25) is 0 Å². The van der Waals surface area contributed by atoms with Crippen LogP contribution >= 0.6 is 0 Å². The topological polar surface area (TPSA) is 92.7 Å². The maximum absolute atomic E-state index is 11.0. The van der Waals surface area contributed by atoms with Gasteiger partial charge in [-0.15, -0.1) is 0 Å². The van der Waals surface area contributed by atoms with Gasteiger partial charge in [-0.25, -0.2) is 9.59 Å². The van der Waals surface area contributed by atoms with E-state index in [1.165, 1.54) is 0 Å². The summed E-state index contributed by atoms with van der Waals surface area (Å²) in [4.78, 5) is 33.0. The van der Waals surface area contributed by atoms with Crippen LogP contribution in [0.15, 0.2) is 25.3 Å². The smallest absolute Gasteiger partial charge is 0.550 e. The van der Waals surface area contributed by atoms with Crippen molar-refractivity contribution in [1.82, 2.24) is 0 Å². The zero-order valence-corrected chi connectivity index (χ0v) is 15.8. The second-order valence-corrected chi connectivity index (χ2v) is 4.39. The second-order valence-electron chi connectivity index (χ2n) is 4.39. The SMILES string of the molecule is C=CC(=O)OC(C)CC(CC(C)OC(=O)C=C)C(=O)[O-].[K+]. The number of carbonyl (C=O) groups is 3. The van der Waals surface area contributed by atoms with E-state index in [4.69, 9.17) is 9.47 Å². The summed E-state index contributed by atoms with van der Waals surface area (Å²) in [6, 6.07) is 0. The fourth-order valence-corrected chi connectivity index (χ4v) is 1.68. The number of hydrogen-bond acceptors (Lipinski definition) is 6. The summed E-state index contributed by atoms with van der Waals surface area (Å²) in [6.07, 6.45) is 0.921. The fraction of sp³-hybridized carbons (Fsp3) is 0.500. The van der Waals surface area contributed by atoms with Gasteiger partial charge in [-0.1, -0.05) is 13.2 Å². The Morgan fingerprint density at radius 2 is 1.33 bits per heavy atom. The summed E-state index contributed by atoms with van der Waals surface area (Å²) < 4.78 is 9.78. The molecule has 0 rings (SSSR count). The normalized spacial score (nSPS) is 13.8. The molecule has 2 unspecified atom stereocenters. The van der Waals surface area contributed by atoms with Crippen LogP contribution in [-0.4, -0.2) is 30.1 Å². The average molecular weight is 322 g/mol. The summed E-state index contributed by atoms with van der Waals surface area (Å²) in [6.45, 7) is 9.63. The van der Waals surface area contributed by atoms with Crippen molar-refractivity contribution in [3.8, 4) is 0 Å². The van der Waals surface area contributed by atoms with Crippen LogP contribution in [-0.2, 0) is 23.9 Å². The minimum Gasteiger partial charge on any atom is -0.550 e. The van der Waals surface area contributed by atoms with Gasteiger partial charge in [0.1, 0.15) is 0 Å². The molecule has 0 aliphatic rings. The standard InChI is InChI=1S/C14H20O6.K/c1-5-12(15)19-9(3)7-11(14(17)18)8-10(4)20-13(16)6-2;/h5-6,9-11H,1-2,7-8H2,3-4H3,(H,17,18);/q;+1/p-1. The van der Waals surface area contributed by atoms with E-state index in [0.717, 1.165) is 12.2 Å². The van der Waals surface area contributed by atoms with Crippen LogP contribution in [0.3, 0.4) is 0 Å². The van der Waals surface area contributed by atoms with Crippen LogP contribution in [0.5, 0.6) is 0 Å². The summed E-state index contributed by atoms with van der Waals surface area (Å²) >= 11 is 0. The Hall–Kier alpha value is -0.474. The number of carboxylic acid groups (broad SMARTS) is 1. The van der Waals surface area contributed by atoms with Crippen LogP contribution in [0.1, 0.15) is 26.7 Å². The number of esters is 2. The van der Waals surface area contributed by atoms with E-state index in [1.807, 2.05) is 0 Å². The minimum absolute atomic E-state index is 0. The summed E-state index contributed by atoms with van der Waals surface area (Å²) in [5.74, 6) is -3.43. The van der Waals surface area contributed by atoms with Gasteiger partial charge in [0.2, 0.25) is 0 Å². The Morgan fingerprint density at radius 1 is 1.00 bits per heavy atom. The quantitative estimate of drug-likeness (QED) is 0.262. The summed E-state index contributed by atoms with van der Waals surface area (Å²) in [7, 11) is 0. The predicted molar refractivity (Wildman–Crippen MR) is 69.2 cm³/mol. The van der Waals surface area contributed by atoms with E-state index in [0.29, 0.717) is 0 Å². The van der Waals surface area contributed by atoms with E-state index in [2.05, 4.69) is 13.2 Å². The molecule has 6 nitrogen and oxygen atoms in total. The van der Waals surface area contributed by atoms with E-state index < -0.39 is 36.0 Å². The average Bonchev–Trinajstić information content (AvgIpc) is 2.37. The van der Waals surface area contributed by atoms with Crippen molar-refractivity contribution >= 4 is 17.9 Å². The molecule has 0 aromatic rings. The number of rotatable bonds is 9. The Bertz CT molecular complexity index is 363. The zero-order chi connectivity index (χ0) is 15.7. The molecule has 0 saturated carbocycles. The van der Waals surface area contributed by atoms with Crippen molar-refractivity contribution < 1.29 is 80.3 Å². The van der Waals surface area contributed by atoms with Crippen molar-refractivity contribution in [1.29, 1.82) is 0 Å². The van der Waals surface area contributed by atoms with E-state index in [1.54, 1.807) is 13.8 Å². The van der Waals surface area contributed by atoms with Gasteiger partial charge in [-0.05, 0) is 26.7 Å². The van der Waals surface area contributed by atoms with E-state index >= 15 is 0 Å². The maximum Gasteiger partial charge on any atom is 1.00 e. The van der Waals surface area contributed by atoms with Crippen LogP contribution in [0.4, 0.5) is 0 Å². The molecule has 0 aliphatic carbocycles. The van der Waals surface area contributed by atoms with Crippen LogP contribution in [0, 0.1) is 5.92 Å². The fourth-order valence-electron chi connectivity index (χ4n) is 1.68. The largest absolute Gasteiger partial charge is 1.00 e. The maximum atomic E-state index is 11.0. The molecule has 21 heavy (non-hydrogen) atoms. The number of carboxylic acids is 1. The summed E-state index contributed by atoms with van der Waals surface area (Å²) in [5, 5.41) is 11.0. The molecule has 0 fully saturated rings. The van der Waals surface area contributed by atoms with Crippen molar-refractivity contribution in [3.05, 3.63) is 25.3 Å². The molecule has 0 saturated heterocycles. The van der Waals surface area contributed by atoms with E-state index in [-0.39, 0.29) is 64.2 Å².